The van der Waals surface area contributed by atoms with Crippen LogP contribution in [0.1, 0.15) is 50.6 Å². The van der Waals surface area contributed by atoms with Gasteiger partial charge in [-0.25, -0.2) is 9.59 Å². The molecule has 3 N–H and O–H groups in total. The number of hydrogen-bond acceptors (Lipinski definition) is 8. The van der Waals surface area contributed by atoms with E-state index in [1.54, 1.807) is 12.1 Å². The minimum absolute atomic E-state index is 0.0505. The number of anilines is 2. The molecule has 12 nitrogen and oxygen atoms in total. The molecule has 0 radical (unpaired) electrons. The van der Waals surface area contributed by atoms with Crippen molar-refractivity contribution in [3.63, 3.8) is 0 Å². The summed E-state index contributed by atoms with van der Waals surface area (Å²) in [5, 5.41) is 30.8. The number of carbonyl (C=O) groups excluding carboxylic acids is 4. The highest BCUT2D eigenvalue weighted by Crippen LogP contribution is 2.59. The number of hydrogen-bond donors (Lipinski definition) is 3. The molecule has 0 spiro atoms. The van der Waals surface area contributed by atoms with Gasteiger partial charge in [-0.1, -0.05) is 60.2 Å². The first kappa shape index (κ1) is 33.6. The van der Waals surface area contributed by atoms with Gasteiger partial charge < -0.3 is 20.1 Å². The van der Waals surface area contributed by atoms with Crippen LogP contribution in [0.4, 0.5) is 11.4 Å². The summed E-state index contributed by atoms with van der Waals surface area (Å²) < 4.78 is 5.94. The topological polar surface area (TPSA) is 179 Å². The Kier molecular flexibility index (Phi) is 8.17. The fourth-order valence-electron chi connectivity index (χ4n) is 8.62. The third-order valence-electron chi connectivity index (χ3n) is 10.9. The molecule has 4 aromatic rings. The maximum absolute atomic E-state index is 14.4. The molecule has 4 amide bonds. The lowest BCUT2D eigenvalue weighted by Crippen LogP contribution is -2.43. The van der Waals surface area contributed by atoms with Crippen molar-refractivity contribution in [1.82, 2.24) is 0 Å². The first-order chi connectivity index (χ1) is 25.5. The van der Waals surface area contributed by atoms with Gasteiger partial charge in [0.05, 0.1) is 46.2 Å². The number of aromatic hydroxyl groups is 1. The van der Waals surface area contributed by atoms with Crippen molar-refractivity contribution < 1.29 is 48.8 Å². The molecule has 53 heavy (non-hydrogen) atoms. The first-order valence-corrected chi connectivity index (χ1v) is 17.2. The molecule has 3 fully saturated rings. The normalized spacial score (nSPS) is 24.7. The number of aromatic carboxylic acids is 2. The van der Waals surface area contributed by atoms with Gasteiger partial charge in [0.1, 0.15) is 18.1 Å². The number of allylic oxidation sites excluding steroid dienone is 2. The van der Waals surface area contributed by atoms with Crippen molar-refractivity contribution >= 4 is 46.9 Å². The summed E-state index contributed by atoms with van der Waals surface area (Å²) >= 11 is 0. The standard InChI is InChI=1S/C41H32N2O10/c44-32-18-26(53-20-21-6-2-1-3-7-21)12-13-28(32)33-27-14-15-29-34(38(47)42(36(29)45)24-10-4-8-22(16-24)40(49)50)30(27)19-31-35(33)39(48)43(37(31)46)25-11-5-9-23(17-25)41(51)52/h1-14,16-18,29-31,33-35,44H,15,19-20H2,(H,49,50)(H,51,52)/t29-,30+,31+,33+,34-,35+/m0/s1. The predicted octanol–water partition coefficient (Wildman–Crippen LogP) is 5.41. The molecule has 12 heteroatoms. The van der Waals surface area contributed by atoms with Crippen molar-refractivity contribution in [2.75, 3.05) is 9.80 Å². The molecule has 8 rings (SSSR count). The second-order valence-corrected chi connectivity index (χ2v) is 13.8. The van der Waals surface area contributed by atoms with Gasteiger partial charge in [-0.3, -0.25) is 29.0 Å². The van der Waals surface area contributed by atoms with Gasteiger partial charge in [-0.05, 0) is 66.8 Å². The Morgan fingerprint density at radius 1 is 0.660 bits per heavy atom. The molecule has 4 aliphatic rings. The smallest absolute Gasteiger partial charge is 0.335 e. The Morgan fingerprint density at radius 2 is 1.26 bits per heavy atom. The van der Waals surface area contributed by atoms with Crippen LogP contribution < -0.4 is 14.5 Å². The molecule has 1 saturated carbocycles. The van der Waals surface area contributed by atoms with Gasteiger partial charge in [0.15, 0.2) is 0 Å². The van der Waals surface area contributed by atoms with E-state index in [9.17, 15) is 44.1 Å². The zero-order valence-electron chi connectivity index (χ0n) is 28.0. The molecule has 2 saturated heterocycles. The molecule has 2 aliphatic heterocycles. The zero-order chi connectivity index (χ0) is 37.1. The maximum atomic E-state index is 14.4. The second-order valence-electron chi connectivity index (χ2n) is 13.8. The molecule has 0 aromatic heterocycles. The fourth-order valence-corrected chi connectivity index (χ4v) is 8.62. The Labute approximate surface area is 302 Å². The largest absolute Gasteiger partial charge is 0.508 e. The van der Waals surface area contributed by atoms with Crippen LogP contribution >= 0.6 is 0 Å². The van der Waals surface area contributed by atoms with Gasteiger partial charge in [-0.2, -0.15) is 0 Å². The van der Waals surface area contributed by atoms with E-state index >= 15 is 0 Å². The van der Waals surface area contributed by atoms with Crippen molar-refractivity contribution in [2.24, 2.45) is 29.6 Å². The van der Waals surface area contributed by atoms with Crippen molar-refractivity contribution in [2.45, 2.75) is 25.4 Å². The Morgan fingerprint density at radius 3 is 1.87 bits per heavy atom. The molecule has 2 aliphatic carbocycles. The first-order valence-electron chi connectivity index (χ1n) is 17.2. The van der Waals surface area contributed by atoms with E-state index in [1.165, 1.54) is 54.6 Å². The van der Waals surface area contributed by atoms with Gasteiger partial charge in [0.25, 0.3) is 0 Å². The van der Waals surface area contributed by atoms with E-state index in [1.807, 2.05) is 36.4 Å². The average Bonchev–Trinajstić information content (AvgIpc) is 3.57. The van der Waals surface area contributed by atoms with E-state index in [2.05, 4.69) is 0 Å². The van der Waals surface area contributed by atoms with E-state index in [-0.39, 0.29) is 47.7 Å². The lowest BCUT2D eigenvalue weighted by Gasteiger charge is -2.44. The van der Waals surface area contributed by atoms with Crippen molar-refractivity contribution in [3.05, 3.63) is 131 Å². The zero-order valence-corrected chi connectivity index (χ0v) is 28.0. The molecule has 0 unspecified atom stereocenters. The van der Waals surface area contributed by atoms with Crippen LogP contribution in [-0.2, 0) is 25.8 Å². The quantitative estimate of drug-likeness (QED) is 0.158. The summed E-state index contributed by atoms with van der Waals surface area (Å²) in [5.41, 5.74) is 1.91. The highest BCUT2D eigenvalue weighted by atomic mass is 16.5. The molecule has 4 aromatic carbocycles. The number of imide groups is 2. The van der Waals surface area contributed by atoms with Crippen molar-refractivity contribution in [1.29, 1.82) is 0 Å². The van der Waals surface area contributed by atoms with Crippen LogP contribution in [0, 0.1) is 29.6 Å². The van der Waals surface area contributed by atoms with E-state index < -0.39 is 71.1 Å². The molecule has 2 heterocycles. The number of benzene rings is 4. The lowest BCUT2D eigenvalue weighted by atomic mass is 9.57. The third kappa shape index (κ3) is 5.54. The fraction of sp³-hybridized carbons (Fsp3) is 0.220. The number of carbonyl (C=O) groups is 6. The summed E-state index contributed by atoms with van der Waals surface area (Å²) in [6.45, 7) is 0.240. The maximum Gasteiger partial charge on any atom is 0.335 e. The average molecular weight is 713 g/mol. The van der Waals surface area contributed by atoms with E-state index in [0.29, 0.717) is 16.9 Å². The Bertz CT molecular complexity index is 2270. The second kappa shape index (κ2) is 12.9. The van der Waals surface area contributed by atoms with Crippen LogP contribution in [0.3, 0.4) is 0 Å². The summed E-state index contributed by atoms with van der Waals surface area (Å²) in [4.78, 5) is 82.5. The number of carboxylic acid groups (broad SMARTS) is 2. The lowest BCUT2D eigenvalue weighted by molar-refractivity contribution is -0.126. The summed E-state index contributed by atoms with van der Waals surface area (Å²) in [6.07, 6.45) is 2.03. The number of fused-ring (bicyclic) bond motifs is 4. The highest BCUT2D eigenvalue weighted by molar-refractivity contribution is 6.24. The molecule has 6 atom stereocenters. The molecule has 266 valence electrons. The van der Waals surface area contributed by atoms with Crippen LogP contribution in [0.15, 0.2) is 109 Å². The Hall–Kier alpha value is -6.56. The minimum atomic E-state index is -1.23. The molecular formula is C41H32N2O10. The van der Waals surface area contributed by atoms with Crippen LogP contribution in [0.25, 0.3) is 0 Å². The van der Waals surface area contributed by atoms with Gasteiger partial charge in [0.2, 0.25) is 23.6 Å². The van der Waals surface area contributed by atoms with Crippen molar-refractivity contribution in [3.8, 4) is 11.5 Å². The van der Waals surface area contributed by atoms with E-state index in [4.69, 9.17) is 4.74 Å². The number of phenolic OH excluding ortho intramolecular Hbond substituents is 1. The van der Waals surface area contributed by atoms with Crippen LogP contribution in [-0.4, -0.2) is 50.9 Å². The number of ether oxygens (including phenoxy) is 1. The van der Waals surface area contributed by atoms with Crippen LogP contribution in [0.2, 0.25) is 0 Å². The van der Waals surface area contributed by atoms with Gasteiger partial charge in [-0.15, -0.1) is 0 Å². The number of phenols is 1. The number of rotatable bonds is 8. The van der Waals surface area contributed by atoms with Crippen LogP contribution in [0.5, 0.6) is 11.5 Å². The number of carboxylic acids is 2. The predicted molar refractivity (Wildman–Crippen MR) is 188 cm³/mol. The number of nitrogens with zero attached hydrogens (tertiary/aromatic N) is 2. The minimum Gasteiger partial charge on any atom is -0.508 e. The van der Waals surface area contributed by atoms with Gasteiger partial charge in [0, 0.05) is 17.5 Å². The number of amides is 4. The summed E-state index contributed by atoms with van der Waals surface area (Å²) in [6, 6.07) is 25.3. The Balaban J connectivity index is 1.20. The highest BCUT2D eigenvalue weighted by Gasteiger charge is 2.62. The molecule has 0 bridgehead atoms. The van der Waals surface area contributed by atoms with Gasteiger partial charge >= 0.3 is 11.9 Å². The van der Waals surface area contributed by atoms with E-state index in [0.717, 1.165) is 15.4 Å². The molecular weight excluding hydrogens is 680 g/mol. The third-order valence-corrected chi connectivity index (χ3v) is 10.9. The summed E-state index contributed by atoms with van der Waals surface area (Å²) in [5.74, 6) is -9.66. The summed E-state index contributed by atoms with van der Waals surface area (Å²) in [7, 11) is 0. The SMILES string of the molecule is O=C(O)c1cccc(N2C(=O)[C@H]3[C@H](CC=C4[C@H]3C[C@H]3C(=O)N(c5cccc(C(=O)O)c5)C(=O)[C@H]3[C@H]4c3ccc(OCc4ccccc4)cc3O)C2=O)c1. The monoisotopic (exact) mass is 712 g/mol.